The van der Waals surface area contributed by atoms with E-state index in [9.17, 15) is 14.0 Å². The van der Waals surface area contributed by atoms with Gasteiger partial charge in [-0.15, -0.1) is 0 Å². The van der Waals surface area contributed by atoms with Gasteiger partial charge < -0.3 is 5.73 Å². The van der Waals surface area contributed by atoms with Crippen molar-refractivity contribution in [2.45, 2.75) is 19.9 Å². The van der Waals surface area contributed by atoms with Crippen molar-refractivity contribution in [3.63, 3.8) is 0 Å². The second-order valence-corrected chi connectivity index (χ2v) is 4.16. The van der Waals surface area contributed by atoms with Gasteiger partial charge in [0.1, 0.15) is 5.82 Å². The Labute approximate surface area is 111 Å². The molecule has 1 aromatic rings. The van der Waals surface area contributed by atoms with E-state index in [1.165, 1.54) is 12.1 Å². The third-order valence-corrected chi connectivity index (χ3v) is 2.66. The SMILES string of the molecule is CCN(CCC(=O)NC(N)=O)Cc1cccc(F)c1. The number of imide groups is 1. The first kappa shape index (κ1) is 15.1. The lowest BCUT2D eigenvalue weighted by Crippen LogP contribution is -2.37. The summed E-state index contributed by atoms with van der Waals surface area (Å²) in [5.41, 5.74) is 5.69. The van der Waals surface area contributed by atoms with Crippen LogP contribution in [0.4, 0.5) is 9.18 Å². The van der Waals surface area contributed by atoms with Crippen LogP contribution in [0.2, 0.25) is 0 Å². The number of hydrogen-bond acceptors (Lipinski definition) is 3. The van der Waals surface area contributed by atoms with Crippen LogP contribution in [0, 0.1) is 5.82 Å². The number of benzene rings is 1. The number of nitrogens with one attached hydrogen (secondary N) is 1. The quantitative estimate of drug-likeness (QED) is 0.814. The number of nitrogens with zero attached hydrogens (tertiary/aromatic N) is 1. The smallest absolute Gasteiger partial charge is 0.318 e. The Hall–Kier alpha value is -1.95. The Balaban J connectivity index is 2.46. The van der Waals surface area contributed by atoms with E-state index >= 15 is 0 Å². The molecule has 19 heavy (non-hydrogen) atoms. The van der Waals surface area contributed by atoms with Crippen molar-refractivity contribution >= 4 is 11.9 Å². The van der Waals surface area contributed by atoms with Crippen LogP contribution in [-0.2, 0) is 11.3 Å². The van der Waals surface area contributed by atoms with E-state index in [0.717, 1.165) is 12.1 Å². The molecular formula is C13H18FN3O2. The molecule has 0 unspecified atom stereocenters. The van der Waals surface area contributed by atoms with E-state index in [4.69, 9.17) is 5.73 Å². The standard InChI is InChI=1S/C13H18FN3O2/c1-2-17(7-6-12(18)16-13(15)19)9-10-4-3-5-11(14)8-10/h3-5,8H,2,6-7,9H2,1H3,(H3,15,16,18,19). The summed E-state index contributed by atoms with van der Waals surface area (Å²) in [5.74, 6) is -0.690. The summed E-state index contributed by atoms with van der Waals surface area (Å²) in [7, 11) is 0. The lowest BCUT2D eigenvalue weighted by molar-refractivity contribution is -0.120. The van der Waals surface area contributed by atoms with Crippen LogP contribution in [0.5, 0.6) is 0 Å². The van der Waals surface area contributed by atoms with E-state index in [1.54, 1.807) is 6.07 Å². The van der Waals surface area contributed by atoms with Gasteiger partial charge in [-0.1, -0.05) is 19.1 Å². The maximum Gasteiger partial charge on any atom is 0.318 e. The Morgan fingerprint density at radius 1 is 1.42 bits per heavy atom. The van der Waals surface area contributed by atoms with Crippen molar-refractivity contribution in [3.05, 3.63) is 35.6 Å². The Morgan fingerprint density at radius 3 is 2.74 bits per heavy atom. The lowest BCUT2D eigenvalue weighted by Gasteiger charge is -2.20. The summed E-state index contributed by atoms with van der Waals surface area (Å²) in [6.45, 7) is 3.70. The molecule has 0 aromatic heterocycles. The monoisotopic (exact) mass is 267 g/mol. The predicted molar refractivity (Wildman–Crippen MR) is 69.7 cm³/mol. The number of halogens is 1. The summed E-state index contributed by atoms with van der Waals surface area (Å²) in [6.07, 6.45) is 0.173. The molecule has 0 aliphatic heterocycles. The number of primary amides is 1. The van der Waals surface area contributed by atoms with Crippen molar-refractivity contribution in [3.8, 4) is 0 Å². The Kier molecular flexibility index (Phi) is 5.95. The maximum absolute atomic E-state index is 13.0. The fourth-order valence-corrected chi connectivity index (χ4v) is 1.70. The van der Waals surface area contributed by atoms with E-state index in [2.05, 4.69) is 0 Å². The molecule has 1 rings (SSSR count). The first-order valence-corrected chi connectivity index (χ1v) is 6.07. The molecule has 1 aromatic carbocycles. The molecule has 104 valence electrons. The number of carbonyl (C=O) groups excluding carboxylic acids is 2. The third-order valence-electron chi connectivity index (χ3n) is 2.66. The second kappa shape index (κ2) is 7.48. The van der Waals surface area contributed by atoms with Crippen molar-refractivity contribution in [2.75, 3.05) is 13.1 Å². The number of nitrogens with two attached hydrogens (primary N) is 1. The molecule has 0 saturated heterocycles. The average Bonchev–Trinajstić information content (AvgIpc) is 2.33. The van der Waals surface area contributed by atoms with Crippen LogP contribution in [-0.4, -0.2) is 29.9 Å². The summed E-state index contributed by atoms with van der Waals surface area (Å²) in [4.78, 5) is 23.8. The zero-order chi connectivity index (χ0) is 14.3. The first-order valence-electron chi connectivity index (χ1n) is 6.07. The van der Waals surface area contributed by atoms with Crippen molar-refractivity contribution in [1.82, 2.24) is 10.2 Å². The van der Waals surface area contributed by atoms with Gasteiger partial charge >= 0.3 is 6.03 Å². The molecule has 0 radical (unpaired) electrons. The molecular weight excluding hydrogens is 249 g/mol. The predicted octanol–water partition coefficient (Wildman–Crippen LogP) is 1.23. The Bertz CT molecular complexity index is 451. The molecule has 0 fully saturated rings. The van der Waals surface area contributed by atoms with Crippen LogP contribution < -0.4 is 11.1 Å². The van der Waals surface area contributed by atoms with E-state index in [1.807, 2.05) is 23.2 Å². The minimum Gasteiger partial charge on any atom is -0.351 e. The largest absolute Gasteiger partial charge is 0.351 e. The molecule has 0 aliphatic rings. The summed E-state index contributed by atoms with van der Waals surface area (Å²) in [5, 5.41) is 2.01. The lowest BCUT2D eigenvalue weighted by atomic mass is 10.2. The van der Waals surface area contributed by atoms with Crippen molar-refractivity contribution in [1.29, 1.82) is 0 Å². The molecule has 0 aliphatic carbocycles. The molecule has 0 heterocycles. The van der Waals surface area contributed by atoms with Gasteiger partial charge in [0.15, 0.2) is 0 Å². The normalized spacial score (nSPS) is 10.5. The molecule has 6 heteroatoms. The topological polar surface area (TPSA) is 75.4 Å². The van der Waals surface area contributed by atoms with Crippen molar-refractivity contribution in [2.24, 2.45) is 5.73 Å². The van der Waals surface area contributed by atoms with Crippen LogP contribution in [0.25, 0.3) is 0 Å². The number of hydrogen-bond donors (Lipinski definition) is 2. The highest BCUT2D eigenvalue weighted by molar-refractivity contribution is 5.93. The summed E-state index contributed by atoms with van der Waals surface area (Å²) < 4.78 is 13.0. The van der Waals surface area contributed by atoms with Crippen molar-refractivity contribution < 1.29 is 14.0 Å². The van der Waals surface area contributed by atoms with Gasteiger partial charge in [-0.25, -0.2) is 9.18 Å². The fourth-order valence-electron chi connectivity index (χ4n) is 1.70. The number of urea groups is 1. The average molecular weight is 267 g/mol. The summed E-state index contributed by atoms with van der Waals surface area (Å²) >= 11 is 0. The van der Waals surface area contributed by atoms with Gasteiger partial charge in [-0.05, 0) is 24.2 Å². The number of amides is 3. The van der Waals surface area contributed by atoms with Gasteiger partial charge in [0.2, 0.25) is 5.91 Å². The van der Waals surface area contributed by atoms with Gasteiger partial charge in [0.25, 0.3) is 0 Å². The molecule has 0 bridgehead atoms. The molecule has 0 atom stereocenters. The van der Waals surface area contributed by atoms with E-state index in [-0.39, 0.29) is 12.2 Å². The van der Waals surface area contributed by atoms with Gasteiger partial charge in [0.05, 0.1) is 0 Å². The number of carbonyl (C=O) groups is 2. The van der Waals surface area contributed by atoms with Crippen LogP contribution in [0.3, 0.4) is 0 Å². The molecule has 3 amide bonds. The minimum absolute atomic E-state index is 0.173. The summed E-state index contributed by atoms with van der Waals surface area (Å²) in [6, 6.07) is 5.48. The second-order valence-electron chi connectivity index (χ2n) is 4.16. The molecule has 3 N–H and O–H groups in total. The molecule has 0 spiro atoms. The fraction of sp³-hybridized carbons (Fsp3) is 0.385. The zero-order valence-corrected chi connectivity index (χ0v) is 10.9. The molecule has 5 nitrogen and oxygen atoms in total. The third kappa shape index (κ3) is 5.96. The van der Waals surface area contributed by atoms with E-state index < -0.39 is 11.9 Å². The van der Waals surface area contributed by atoms with Crippen LogP contribution >= 0.6 is 0 Å². The van der Waals surface area contributed by atoms with Gasteiger partial charge in [0, 0.05) is 19.5 Å². The van der Waals surface area contributed by atoms with Crippen LogP contribution in [0.15, 0.2) is 24.3 Å². The van der Waals surface area contributed by atoms with Gasteiger partial charge in [-0.3, -0.25) is 15.0 Å². The minimum atomic E-state index is -0.849. The highest BCUT2D eigenvalue weighted by Gasteiger charge is 2.09. The molecule has 0 saturated carbocycles. The van der Waals surface area contributed by atoms with Gasteiger partial charge in [-0.2, -0.15) is 0 Å². The highest BCUT2D eigenvalue weighted by Crippen LogP contribution is 2.07. The van der Waals surface area contributed by atoms with E-state index in [0.29, 0.717) is 13.1 Å². The zero-order valence-electron chi connectivity index (χ0n) is 10.9. The number of rotatable bonds is 6. The Morgan fingerprint density at radius 2 is 2.16 bits per heavy atom. The highest BCUT2D eigenvalue weighted by atomic mass is 19.1. The maximum atomic E-state index is 13.0. The van der Waals surface area contributed by atoms with Crippen LogP contribution in [0.1, 0.15) is 18.9 Å². The first-order chi connectivity index (χ1) is 9.01.